The number of methoxy groups -OCH3 is 1. The van der Waals surface area contributed by atoms with Gasteiger partial charge in [0.1, 0.15) is 17.2 Å². The van der Waals surface area contributed by atoms with Crippen molar-refractivity contribution in [3.8, 4) is 17.2 Å². The van der Waals surface area contributed by atoms with Gasteiger partial charge >= 0.3 is 0 Å². The molecule has 0 unspecified atom stereocenters. The van der Waals surface area contributed by atoms with E-state index < -0.39 is 6.10 Å². The Morgan fingerprint density at radius 3 is 2.30 bits per heavy atom. The molecule has 0 aliphatic carbocycles. The first kappa shape index (κ1) is 14.4. The Hall–Kier alpha value is -2.00. The van der Waals surface area contributed by atoms with Crippen LogP contribution in [0.4, 0.5) is 0 Å². The first-order valence-corrected chi connectivity index (χ1v) is 6.78. The van der Waals surface area contributed by atoms with Crippen LogP contribution in [0.15, 0.2) is 42.5 Å². The minimum absolute atomic E-state index is 0.625. The Bertz CT molecular complexity index is 576. The fourth-order valence-corrected chi connectivity index (χ4v) is 2.22. The summed E-state index contributed by atoms with van der Waals surface area (Å²) in [5.74, 6) is 2.07. The molecular weight excluding hydrogens is 252 g/mol. The van der Waals surface area contributed by atoms with E-state index in [1.165, 1.54) is 0 Å². The second kappa shape index (κ2) is 6.44. The first-order valence-electron chi connectivity index (χ1n) is 6.78. The lowest BCUT2D eigenvalue weighted by Crippen LogP contribution is -2.00. The fourth-order valence-electron chi connectivity index (χ4n) is 2.22. The molecule has 2 rings (SSSR count). The molecule has 0 bridgehead atoms. The van der Waals surface area contributed by atoms with Gasteiger partial charge in [-0.15, -0.1) is 0 Å². The van der Waals surface area contributed by atoms with Gasteiger partial charge in [0, 0.05) is 0 Å². The molecule has 106 valence electrons. The SMILES string of the molecule is CCc1ccccc1Oc1cccc(OC)c1[C@@H](C)O. The highest BCUT2D eigenvalue weighted by molar-refractivity contribution is 5.49. The Morgan fingerprint density at radius 1 is 1.00 bits per heavy atom. The van der Waals surface area contributed by atoms with Gasteiger partial charge in [0.25, 0.3) is 0 Å². The van der Waals surface area contributed by atoms with Gasteiger partial charge in [0.05, 0.1) is 18.8 Å². The van der Waals surface area contributed by atoms with Crippen LogP contribution in [0.3, 0.4) is 0 Å². The van der Waals surface area contributed by atoms with Crippen molar-refractivity contribution in [2.75, 3.05) is 7.11 Å². The number of benzene rings is 2. The summed E-state index contributed by atoms with van der Waals surface area (Å²) in [7, 11) is 1.59. The molecule has 1 N–H and O–H groups in total. The number of hydrogen-bond donors (Lipinski definition) is 1. The van der Waals surface area contributed by atoms with E-state index in [4.69, 9.17) is 9.47 Å². The van der Waals surface area contributed by atoms with E-state index in [9.17, 15) is 5.11 Å². The summed E-state index contributed by atoms with van der Waals surface area (Å²) < 4.78 is 11.3. The smallest absolute Gasteiger partial charge is 0.136 e. The number of aliphatic hydroxyl groups excluding tert-OH is 1. The van der Waals surface area contributed by atoms with E-state index in [0.717, 1.165) is 17.7 Å². The van der Waals surface area contributed by atoms with Crippen molar-refractivity contribution in [2.24, 2.45) is 0 Å². The molecule has 0 heterocycles. The van der Waals surface area contributed by atoms with Crippen LogP contribution < -0.4 is 9.47 Å². The highest BCUT2D eigenvalue weighted by atomic mass is 16.5. The number of hydrogen-bond acceptors (Lipinski definition) is 3. The summed E-state index contributed by atoms with van der Waals surface area (Å²) in [6.45, 7) is 3.79. The second-order valence-corrected chi connectivity index (χ2v) is 4.61. The molecule has 1 atom stereocenters. The molecule has 3 heteroatoms. The molecule has 0 radical (unpaired) electrons. The maximum absolute atomic E-state index is 9.96. The Morgan fingerprint density at radius 2 is 1.65 bits per heavy atom. The van der Waals surface area contributed by atoms with E-state index in [-0.39, 0.29) is 0 Å². The van der Waals surface area contributed by atoms with Crippen molar-refractivity contribution < 1.29 is 14.6 Å². The van der Waals surface area contributed by atoms with Gasteiger partial charge in [-0.2, -0.15) is 0 Å². The van der Waals surface area contributed by atoms with Crippen LogP contribution >= 0.6 is 0 Å². The predicted octanol–water partition coefficient (Wildman–Crippen LogP) is 4.10. The van der Waals surface area contributed by atoms with Gasteiger partial charge < -0.3 is 14.6 Å². The van der Waals surface area contributed by atoms with Crippen molar-refractivity contribution in [3.05, 3.63) is 53.6 Å². The third kappa shape index (κ3) is 2.94. The largest absolute Gasteiger partial charge is 0.496 e. The standard InChI is InChI=1S/C17H20O3/c1-4-13-8-5-6-9-14(13)20-16-11-7-10-15(19-3)17(16)12(2)18/h5-12,18H,4H2,1-3H3/t12-/m1/s1. The molecule has 0 spiro atoms. The van der Waals surface area contributed by atoms with Crippen LogP contribution in [0.1, 0.15) is 31.1 Å². The van der Waals surface area contributed by atoms with Gasteiger partial charge in [0.2, 0.25) is 0 Å². The molecule has 0 fully saturated rings. The molecule has 0 aromatic heterocycles. The zero-order chi connectivity index (χ0) is 14.5. The second-order valence-electron chi connectivity index (χ2n) is 4.61. The lowest BCUT2D eigenvalue weighted by atomic mass is 10.1. The minimum atomic E-state index is -0.657. The van der Waals surface area contributed by atoms with Crippen molar-refractivity contribution in [3.63, 3.8) is 0 Å². The van der Waals surface area contributed by atoms with Gasteiger partial charge in [-0.25, -0.2) is 0 Å². The average Bonchev–Trinajstić information content (AvgIpc) is 2.47. The summed E-state index contributed by atoms with van der Waals surface area (Å²) in [6.07, 6.45) is 0.236. The van der Waals surface area contributed by atoms with Crippen molar-refractivity contribution >= 4 is 0 Å². The van der Waals surface area contributed by atoms with E-state index in [2.05, 4.69) is 6.92 Å². The number of para-hydroxylation sites is 1. The van der Waals surface area contributed by atoms with Gasteiger partial charge in [0.15, 0.2) is 0 Å². The van der Waals surface area contributed by atoms with E-state index in [0.29, 0.717) is 17.1 Å². The van der Waals surface area contributed by atoms with Gasteiger partial charge in [-0.05, 0) is 37.1 Å². The summed E-state index contributed by atoms with van der Waals surface area (Å²) in [4.78, 5) is 0. The van der Waals surface area contributed by atoms with Crippen LogP contribution in [-0.4, -0.2) is 12.2 Å². The minimum Gasteiger partial charge on any atom is -0.496 e. The lowest BCUT2D eigenvalue weighted by Gasteiger charge is -2.17. The zero-order valence-corrected chi connectivity index (χ0v) is 12.1. The maximum Gasteiger partial charge on any atom is 0.136 e. The molecule has 0 aliphatic heterocycles. The van der Waals surface area contributed by atoms with Crippen LogP contribution in [-0.2, 0) is 6.42 Å². The van der Waals surface area contributed by atoms with Gasteiger partial charge in [-0.3, -0.25) is 0 Å². The summed E-state index contributed by atoms with van der Waals surface area (Å²) in [5, 5.41) is 9.96. The Labute approximate surface area is 119 Å². The topological polar surface area (TPSA) is 38.7 Å². The normalized spacial score (nSPS) is 12.0. The van der Waals surface area contributed by atoms with E-state index in [1.807, 2.05) is 42.5 Å². The van der Waals surface area contributed by atoms with Crippen LogP contribution in [0.25, 0.3) is 0 Å². The van der Waals surface area contributed by atoms with Crippen LogP contribution in [0, 0.1) is 0 Å². The summed E-state index contributed by atoms with van der Waals surface area (Å²) in [6, 6.07) is 13.4. The molecule has 3 nitrogen and oxygen atoms in total. The van der Waals surface area contributed by atoms with Crippen LogP contribution in [0.2, 0.25) is 0 Å². The molecule has 0 amide bonds. The highest BCUT2D eigenvalue weighted by Gasteiger charge is 2.16. The quantitative estimate of drug-likeness (QED) is 0.890. The highest BCUT2D eigenvalue weighted by Crippen LogP contribution is 2.37. The molecule has 2 aromatic carbocycles. The monoisotopic (exact) mass is 272 g/mol. The zero-order valence-electron chi connectivity index (χ0n) is 12.1. The predicted molar refractivity (Wildman–Crippen MR) is 79.5 cm³/mol. The molecular formula is C17H20O3. The molecule has 0 saturated heterocycles. The molecule has 0 saturated carbocycles. The lowest BCUT2D eigenvalue weighted by molar-refractivity contribution is 0.190. The number of rotatable bonds is 5. The van der Waals surface area contributed by atoms with E-state index >= 15 is 0 Å². The van der Waals surface area contributed by atoms with Gasteiger partial charge in [-0.1, -0.05) is 31.2 Å². The Kier molecular flexibility index (Phi) is 4.64. The summed E-state index contributed by atoms with van der Waals surface area (Å²) >= 11 is 0. The summed E-state index contributed by atoms with van der Waals surface area (Å²) in [5.41, 5.74) is 1.80. The number of ether oxygens (including phenoxy) is 2. The molecule has 20 heavy (non-hydrogen) atoms. The first-order chi connectivity index (χ1) is 9.67. The number of aryl methyl sites for hydroxylation is 1. The third-order valence-corrected chi connectivity index (χ3v) is 3.24. The Balaban J connectivity index is 2.43. The average molecular weight is 272 g/mol. The van der Waals surface area contributed by atoms with E-state index in [1.54, 1.807) is 14.0 Å². The maximum atomic E-state index is 9.96. The van der Waals surface area contributed by atoms with Crippen molar-refractivity contribution in [1.29, 1.82) is 0 Å². The van der Waals surface area contributed by atoms with Crippen LogP contribution in [0.5, 0.6) is 17.2 Å². The molecule has 0 aliphatic rings. The fraction of sp³-hybridized carbons (Fsp3) is 0.294. The number of aliphatic hydroxyl groups is 1. The van der Waals surface area contributed by atoms with Crippen molar-refractivity contribution in [2.45, 2.75) is 26.4 Å². The molecule has 2 aromatic rings. The van der Waals surface area contributed by atoms with Crippen molar-refractivity contribution in [1.82, 2.24) is 0 Å². The third-order valence-electron chi connectivity index (χ3n) is 3.24.